The van der Waals surface area contributed by atoms with E-state index in [9.17, 15) is 0 Å². The van der Waals surface area contributed by atoms with Crippen LogP contribution in [0.1, 0.15) is 0 Å². The summed E-state index contributed by atoms with van der Waals surface area (Å²) >= 11 is 3.16. The van der Waals surface area contributed by atoms with E-state index in [-0.39, 0.29) is 0 Å². The minimum Gasteiger partial charge on any atom is -0.146 e. The highest BCUT2D eigenvalue weighted by Gasteiger charge is 1.91. The average Bonchev–Trinajstić information content (AvgIpc) is 2.19. The Morgan fingerprint density at radius 1 is 1.88 bits per heavy atom. The molecule has 2 nitrogen and oxygen atoms in total. The maximum atomic E-state index is 3.80. The second kappa shape index (κ2) is 3.04. The molecule has 0 aliphatic carbocycles. The Balaban J connectivity index is 2.50. The van der Waals surface area contributed by atoms with Crippen molar-refractivity contribution < 1.29 is 0 Å². The van der Waals surface area contributed by atoms with Crippen molar-refractivity contribution in [1.82, 2.24) is 10.2 Å². The van der Waals surface area contributed by atoms with Crippen molar-refractivity contribution in [2.45, 2.75) is 4.34 Å². The maximum Gasteiger partial charge on any atom is 0.174 e. The molecule has 43 valence electrons. The molecule has 0 saturated carbocycles. The lowest BCUT2D eigenvalue weighted by atomic mass is 11.0. The van der Waals surface area contributed by atoms with Crippen LogP contribution < -0.4 is 0 Å². The van der Waals surface area contributed by atoms with E-state index in [1.807, 2.05) is 0 Å². The van der Waals surface area contributed by atoms with Crippen LogP contribution in [0.4, 0.5) is 0 Å². The van der Waals surface area contributed by atoms with Gasteiger partial charge in [-0.05, 0) is 6.92 Å². The zero-order valence-corrected chi connectivity index (χ0v) is 5.84. The largest absolute Gasteiger partial charge is 0.174 e. The third kappa shape index (κ3) is 1.45. The van der Waals surface area contributed by atoms with Gasteiger partial charge in [0.25, 0.3) is 0 Å². The normalized spacial score (nSPS) is 9.62. The van der Waals surface area contributed by atoms with Gasteiger partial charge in [-0.3, -0.25) is 0 Å². The molecule has 1 radical (unpaired) electrons. The summed E-state index contributed by atoms with van der Waals surface area (Å²) in [5.41, 5.74) is 1.72. The molecule has 0 aliphatic heterocycles. The third-order valence-electron chi connectivity index (χ3n) is 0.566. The van der Waals surface area contributed by atoms with E-state index in [1.54, 1.807) is 28.6 Å². The smallest absolute Gasteiger partial charge is 0.146 e. The summed E-state index contributed by atoms with van der Waals surface area (Å²) in [7, 11) is 0. The lowest BCUT2D eigenvalue weighted by molar-refractivity contribution is 1.01. The van der Waals surface area contributed by atoms with Crippen LogP contribution in [0.5, 0.6) is 0 Å². The second-order valence-corrected chi connectivity index (χ2v) is 3.23. The first kappa shape index (κ1) is 6.04. The minimum absolute atomic E-state index is 0.829. The Labute approximate surface area is 56.3 Å². The zero-order valence-electron chi connectivity index (χ0n) is 4.20. The molecule has 0 amide bonds. The van der Waals surface area contributed by atoms with Crippen molar-refractivity contribution in [3.63, 3.8) is 0 Å². The number of nitrogens with zero attached hydrogens (tertiary/aromatic N) is 2. The Morgan fingerprint density at radius 3 is 3.25 bits per heavy atom. The monoisotopic (exact) mass is 145 g/mol. The summed E-state index contributed by atoms with van der Waals surface area (Å²) in [5.74, 6) is 0.829. The van der Waals surface area contributed by atoms with Crippen molar-refractivity contribution in [2.75, 3.05) is 5.75 Å². The number of aromatic nitrogens is 2. The zero-order chi connectivity index (χ0) is 5.82. The molecule has 0 bridgehead atoms. The van der Waals surface area contributed by atoms with Crippen LogP contribution in [0.2, 0.25) is 0 Å². The molecule has 4 heteroatoms. The fourth-order valence-electron chi connectivity index (χ4n) is 0.313. The summed E-state index contributed by atoms with van der Waals surface area (Å²) in [4.78, 5) is 0. The lowest BCUT2D eigenvalue weighted by Gasteiger charge is -1.82. The Morgan fingerprint density at radius 2 is 2.75 bits per heavy atom. The Hall–Kier alpha value is -0.0900. The molecule has 0 spiro atoms. The van der Waals surface area contributed by atoms with E-state index in [1.165, 1.54) is 0 Å². The summed E-state index contributed by atoms with van der Waals surface area (Å²) in [6, 6.07) is 0. The molecular weight excluding hydrogens is 140 g/mol. The van der Waals surface area contributed by atoms with Gasteiger partial charge in [0, 0.05) is 5.75 Å². The van der Waals surface area contributed by atoms with Gasteiger partial charge in [-0.25, -0.2) is 0 Å². The third-order valence-corrected chi connectivity index (χ3v) is 2.22. The lowest BCUT2D eigenvalue weighted by Crippen LogP contribution is -1.69. The fourth-order valence-corrected chi connectivity index (χ4v) is 1.52. The standard InChI is InChI=1S/C4H5N2S2/c1-2-7-4-6-5-3-8-4/h3H,1-2H2. The van der Waals surface area contributed by atoms with Crippen LogP contribution >= 0.6 is 23.1 Å². The summed E-state index contributed by atoms with van der Waals surface area (Å²) in [6.07, 6.45) is 0. The highest BCUT2D eigenvalue weighted by atomic mass is 32.2. The molecule has 0 aliphatic rings. The van der Waals surface area contributed by atoms with Crippen LogP contribution in [0.25, 0.3) is 0 Å². The Kier molecular flexibility index (Phi) is 2.29. The molecule has 0 atom stereocenters. The van der Waals surface area contributed by atoms with Gasteiger partial charge in [-0.2, -0.15) is 0 Å². The molecule has 0 saturated heterocycles. The topological polar surface area (TPSA) is 25.8 Å². The molecular formula is C4H5N2S2. The number of hydrogen-bond donors (Lipinski definition) is 0. The van der Waals surface area contributed by atoms with E-state index >= 15 is 0 Å². The predicted octanol–water partition coefficient (Wildman–Crippen LogP) is 1.46. The first-order valence-electron chi connectivity index (χ1n) is 2.11. The number of rotatable bonds is 2. The molecule has 1 heterocycles. The number of hydrogen-bond acceptors (Lipinski definition) is 4. The van der Waals surface area contributed by atoms with Crippen LogP contribution in [0, 0.1) is 6.92 Å². The molecule has 1 rings (SSSR count). The summed E-state index contributed by atoms with van der Waals surface area (Å²) in [6.45, 7) is 3.66. The van der Waals surface area contributed by atoms with E-state index in [2.05, 4.69) is 17.1 Å². The summed E-state index contributed by atoms with van der Waals surface area (Å²) in [5, 5.41) is 7.46. The van der Waals surface area contributed by atoms with Crippen molar-refractivity contribution in [2.24, 2.45) is 0 Å². The highest BCUT2D eigenvalue weighted by molar-refractivity contribution is 8.01. The molecule has 0 N–H and O–H groups in total. The van der Waals surface area contributed by atoms with Gasteiger partial charge < -0.3 is 0 Å². The minimum atomic E-state index is 0.829. The van der Waals surface area contributed by atoms with Crippen molar-refractivity contribution in [3.05, 3.63) is 12.4 Å². The van der Waals surface area contributed by atoms with E-state index in [0.29, 0.717) is 0 Å². The van der Waals surface area contributed by atoms with Gasteiger partial charge in [0.2, 0.25) is 0 Å². The molecule has 0 aromatic carbocycles. The molecule has 0 unspecified atom stereocenters. The predicted molar refractivity (Wildman–Crippen MR) is 36.0 cm³/mol. The summed E-state index contributed by atoms with van der Waals surface area (Å²) < 4.78 is 1.00. The molecule has 1 aromatic heterocycles. The average molecular weight is 145 g/mol. The number of thioether (sulfide) groups is 1. The van der Waals surface area contributed by atoms with E-state index in [0.717, 1.165) is 10.1 Å². The van der Waals surface area contributed by atoms with Gasteiger partial charge in [0.15, 0.2) is 4.34 Å². The molecule has 1 aromatic rings. The second-order valence-electron chi connectivity index (χ2n) is 1.05. The first-order chi connectivity index (χ1) is 3.93. The van der Waals surface area contributed by atoms with Gasteiger partial charge in [0.1, 0.15) is 5.51 Å². The fraction of sp³-hybridized carbons (Fsp3) is 0.250. The van der Waals surface area contributed by atoms with Crippen molar-refractivity contribution in [1.29, 1.82) is 0 Å². The quantitative estimate of drug-likeness (QED) is 0.589. The van der Waals surface area contributed by atoms with Gasteiger partial charge >= 0.3 is 0 Å². The highest BCUT2D eigenvalue weighted by Crippen LogP contribution is 2.17. The Bertz CT molecular complexity index is 138. The van der Waals surface area contributed by atoms with Crippen LogP contribution in [-0.4, -0.2) is 16.0 Å². The van der Waals surface area contributed by atoms with E-state index in [4.69, 9.17) is 0 Å². The van der Waals surface area contributed by atoms with Crippen LogP contribution in [0.15, 0.2) is 9.85 Å². The molecule has 8 heavy (non-hydrogen) atoms. The van der Waals surface area contributed by atoms with Crippen molar-refractivity contribution >= 4 is 23.1 Å². The van der Waals surface area contributed by atoms with E-state index < -0.39 is 0 Å². The van der Waals surface area contributed by atoms with Crippen LogP contribution in [0.3, 0.4) is 0 Å². The molecule has 0 fully saturated rings. The SMILES string of the molecule is [CH2]CSc1nncs1. The maximum absolute atomic E-state index is 3.80. The van der Waals surface area contributed by atoms with Crippen molar-refractivity contribution in [3.8, 4) is 0 Å². The van der Waals surface area contributed by atoms with Crippen LogP contribution in [-0.2, 0) is 0 Å². The van der Waals surface area contributed by atoms with Gasteiger partial charge in [0.05, 0.1) is 0 Å². The first-order valence-corrected chi connectivity index (χ1v) is 3.98. The van der Waals surface area contributed by atoms with Gasteiger partial charge in [-0.1, -0.05) is 23.1 Å². The van der Waals surface area contributed by atoms with Gasteiger partial charge in [-0.15, -0.1) is 10.2 Å².